The first-order valence-corrected chi connectivity index (χ1v) is 7.55. The number of aromatic carboxylic acids is 1. The number of benzene rings is 1. The van der Waals surface area contributed by atoms with Gasteiger partial charge in [-0.3, -0.25) is 0 Å². The van der Waals surface area contributed by atoms with Crippen LogP contribution in [0.3, 0.4) is 0 Å². The van der Waals surface area contributed by atoms with Crippen LogP contribution in [0.1, 0.15) is 27.0 Å². The number of carboxylic acid groups (broad SMARTS) is 1. The average Bonchev–Trinajstić information content (AvgIpc) is 2.85. The van der Waals surface area contributed by atoms with Gasteiger partial charge in [0.15, 0.2) is 0 Å². The molecule has 0 radical (unpaired) electrons. The second-order valence-corrected chi connectivity index (χ2v) is 6.24. The minimum Gasteiger partial charge on any atom is -0.478 e. The van der Waals surface area contributed by atoms with Gasteiger partial charge in [0.05, 0.1) is 5.56 Å². The van der Waals surface area contributed by atoms with E-state index < -0.39 is 5.97 Å². The van der Waals surface area contributed by atoms with Crippen LogP contribution in [0, 0.1) is 0 Å². The van der Waals surface area contributed by atoms with Crippen molar-refractivity contribution in [1.82, 2.24) is 0 Å². The molecule has 1 aromatic carbocycles. The number of anilines is 1. The first-order chi connectivity index (χ1) is 9.10. The van der Waals surface area contributed by atoms with Crippen LogP contribution in [0.2, 0.25) is 0 Å². The Labute approximate surface area is 124 Å². The summed E-state index contributed by atoms with van der Waals surface area (Å²) < 4.78 is 0.764. The number of rotatable bonds is 5. The van der Waals surface area contributed by atoms with Crippen molar-refractivity contribution in [3.05, 3.63) is 50.1 Å². The van der Waals surface area contributed by atoms with Gasteiger partial charge in [0.2, 0.25) is 0 Å². The van der Waals surface area contributed by atoms with Crippen molar-refractivity contribution in [2.75, 3.05) is 5.32 Å². The minimum atomic E-state index is -0.927. The third-order valence-electron chi connectivity index (χ3n) is 2.73. The highest BCUT2D eigenvalue weighted by atomic mass is 79.9. The zero-order valence-electron chi connectivity index (χ0n) is 10.4. The summed E-state index contributed by atoms with van der Waals surface area (Å²) in [5.41, 5.74) is 0.920. The Kier molecular flexibility index (Phi) is 4.61. The average molecular weight is 340 g/mol. The molecule has 0 aliphatic carbocycles. The fourth-order valence-corrected chi connectivity index (χ4v) is 3.00. The van der Waals surface area contributed by atoms with Crippen molar-refractivity contribution in [2.24, 2.45) is 0 Å². The number of carboxylic acids is 1. The summed E-state index contributed by atoms with van der Waals surface area (Å²) in [4.78, 5) is 13.7. The van der Waals surface area contributed by atoms with Crippen molar-refractivity contribution >= 4 is 38.9 Å². The number of thiophene rings is 1. The Hall–Kier alpha value is -1.33. The highest BCUT2D eigenvalue weighted by Gasteiger charge is 2.10. The molecule has 100 valence electrons. The van der Waals surface area contributed by atoms with E-state index in [9.17, 15) is 9.90 Å². The largest absolute Gasteiger partial charge is 0.478 e. The van der Waals surface area contributed by atoms with E-state index in [1.807, 2.05) is 6.07 Å². The number of nitrogens with one attached hydrogen (secondary N) is 1. The van der Waals surface area contributed by atoms with Crippen molar-refractivity contribution in [2.45, 2.75) is 19.9 Å². The Balaban J connectivity index is 2.12. The lowest BCUT2D eigenvalue weighted by Crippen LogP contribution is -2.05. The number of carbonyl (C=O) groups is 1. The third kappa shape index (κ3) is 3.58. The molecule has 2 aromatic rings. The summed E-state index contributed by atoms with van der Waals surface area (Å²) in [6.45, 7) is 2.77. The van der Waals surface area contributed by atoms with Crippen LogP contribution in [0.4, 0.5) is 5.69 Å². The molecule has 0 saturated heterocycles. The lowest BCUT2D eigenvalue weighted by atomic mass is 10.2. The molecule has 0 atom stereocenters. The van der Waals surface area contributed by atoms with E-state index in [4.69, 9.17) is 0 Å². The first kappa shape index (κ1) is 14.1. The van der Waals surface area contributed by atoms with Gasteiger partial charge in [-0.1, -0.05) is 22.9 Å². The molecule has 2 N–H and O–H groups in total. The summed E-state index contributed by atoms with van der Waals surface area (Å²) in [6, 6.07) is 9.41. The third-order valence-corrected chi connectivity index (χ3v) is 4.45. The van der Waals surface area contributed by atoms with Gasteiger partial charge in [-0.25, -0.2) is 4.79 Å². The van der Waals surface area contributed by atoms with Crippen molar-refractivity contribution in [1.29, 1.82) is 0 Å². The Morgan fingerprint density at radius 3 is 2.68 bits per heavy atom. The zero-order valence-corrected chi connectivity index (χ0v) is 12.8. The van der Waals surface area contributed by atoms with Gasteiger partial charge < -0.3 is 10.4 Å². The van der Waals surface area contributed by atoms with Crippen LogP contribution >= 0.6 is 27.3 Å². The van der Waals surface area contributed by atoms with Gasteiger partial charge in [0, 0.05) is 26.5 Å². The number of halogens is 1. The van der Waals surface area contributed by atoms with Crippen molar-refractivity contribution in [3.8, 4) is 0 Å². The molecule has 1 heterocycles. The highest BCUT2D eigenvalue weighted by Crippen LogP contribution is 2.23. The van der Waals surface area contributed by atoms with E-state index >= 15 is 0 Å². The van der Waals surface area contributed by atoms with Crippen LogP contribution in [0.25, 0.3) is 0 Å². The smallest absolute Gasteiger partial charge is 0.337 e. The molecule has 3 nitrogen and oxygen atoms in total. The van der Waals surface area contributed by atoms with Crippen molar-refractivity contribution in [3.63, 3.8) is 0 Å². The van der Waals surface area contributed by atoms with Gasteiger partial charge >= 0.3 is 5.97 Å². The predicted molar refractivity (Wildman–Crippen MR) is 82.1 cm³/mol. The molecule has 0 spiro atoms. The molecular weight excluding hydrogens is 326 g/mol. The maximum absolute atomic E-state index is 11.2. The summed E-state index contributed by atoms with van der Waals surface area (Å²) in [7, 11) is 0. The molecule has 0 unspecified atom stereocenters. The fraction of sp³-hybridized carbons (Fsp3) is 0.214. The van der Waals surface area contributed by atoms with Crippen LogP contribution in [0.15, 0.2) is 34.8 Å². The second kappa shape index (κ2) is 6.21. The molecule has 0 aliphatic rings. The van der Waals surface area contributed by atoms with E-state index in [2.05, 4.69) is 40.3 Å². The molecule has 0 bridgehead atoms. The highest BCUT2D eigenvalue weighted by molar-refractivity contribution is 9.10. The molecule has 0 saturated carbocycles. The minimum absolute atomic E-state index is 0.279. The number of aryl methyl sites for hydroxylation is 1. The van der Waals surface area contributed by atoms with Gasteiger partial charge in [0.1, 0.15) is 0 Å². The van der Waals surface area contributed by atoms with E-state index in [0.29, 0.717) is 12.2 Å². The molecule has 0 amide bonds. The lowest BCUT2D eigenvalue weighted by Gasteiger charge is -2.09. The van der Waals surface area contributed by atoms with Crippen LogP contribution < -0.4 is 5.32 Å². The normalized spacial score (nSPS) is 10.4. The summed E-state index contributed by atoms with van der Waals surface area (Å²) >= 11 is 5.03. The van der Waals surface area contributed by atoms with Gasteiger partial charge in [-0.15, -0.1) is 11.3 Å². The van der Waals surface area contributed by atoms with Gasteiger partial charge in [0.25, 0.3) is 0 Å². The SMILES string of the molecule is CCc1ccc(CNc2ccc(Br)cc2C(=O)O)s1. The Bertz CT molecular complexity index is 595. The molecular formula is C14H14BrNO2S. The molecule has 0 aliphatic heterocycles. The van der Waals surface area contributed by atoms with E-state index in [1.165, 1.54) is 9.75 Å². The standard InChI is InChI=1S/C14H14BrNO2S/c1-2-10-4-5-11(19-10)8-16-13-6-3-9(15)7-12(13)14(17)18/h3-7,16H,2,8H2,1H3,(H,17,18). The maximum atomic E-state index is 11.2. The lowest BCUT2D eigenvalue weighted by molar-refractivity contribution is 0.0698. The molecule has 0 fully saturated rings. The van der Waals surface area contributed by atoms with Gasteiger partial charge in [-0.2, -0.15) is 0 Å². The molecule has 2 rings (SSSR count). The number of hydrogen-bond donors (Lipinski definition) is 2. The second-order valence-electron chi connectivity index (χ2n) is 4.07. The summed E-state index contributed by atoms with van der Waals surface area (Å²) in [5, 5.41) is 12.4. The zero-order chi connectivity index (χ0) is 13.8. The quantitative estimate of drug-likeness (QED) is 0.849. The Morgan fingerprint density at radius 2 is 2.05 bits per heavy atom. The van der Waals surface area contributed by atoms with Gasteiger partial charge in [-0.05, 0) is 36.8 Å². The topological polar surface area (TPSA) is 49.3 Å². The molecule has 19 heavy (non-hydrogen) atoms. The summed E-state index contributed by atoms with van der Waals surface area (Å²) in [6.07, 6.45) is 1.03. The molecule has 5 heteroatoms. The summed E-state index contributed by atoms with van der Waals surface area (Å²) in [5.74, 6) is -0.927. The van der Waals surface area contributed by atoms with Crippen LogP contribution in [-0.4, -0.2) is 11.1 Å². The monoisotopic (exact) mass is 339 g/mol. The Morgan fingerprint density at radius 1 is 1.32 bits per heavy atom. The predicted octanol–water partition coefficient (Wildman–Crippen LogP) is 4.38. The first-order valence-electron chi connectivity index (χ1n) is 5.94. The number of hydrogen-bond acceptors (Lipinski definition) is 3. The van der Waals surface area contributed by atoms with Crippen LogP contribution in [0.5, 0.6) is 0 Å². The maximum Gasteiger partial charge on any atom is 0.337 e. The van der Waals surface area contributed by atoms with Crippen molar-refractivity contribution < 1.29 is 9.90 Å². The van der Waals surface area contributed by atoms with Crippen LogP contribution in [-0.2, 0) is 13.0 Å². The van der Waals surface area contributed by atoms with E-state index in [-0.39, 0.29) is 5.56 Å². The fourth-order valence-electron chi connectivity index (χ4n) is 1.74. The molecule has 1 aromatic heterocycles. The van der Waals surface area contributed by atoms with E-state index in [1.54, 1.807) is 23.5 Å². The van der Waals surface area contributed by atoms with E-state index in [0.717, 1.165) is 10.9 Å².